The SMILES string of the molecule is Cc1cccc(CNC(=O)c2csc(C#CCCO)c2)n1. The van der Waals surface area contributed by atoms with Gasteiger partial charge < -0.3 is 10.4 Å². The summed E-state index contributed by atoms with van der Waals surface area (Å²) in [5.74, 6) is 5.62. The van der Waals surface area contributed by atoms with Crippen LogP contribution in [0.5, 0.6) is 0 Å². The zero-order valence-corrected chi connectivity index (χ0v) is 12.5. The molecule has 0 spiro atoms. The molecule has 0 aliphatic rings. The van der Waals surface area contributed by atoms with Crippen LogP contribution in [0.2, 0.25) is 0 Å². The summed E-state index contributed by atoms with van der Waals surface area (Å²) in [5.41, 5.74) is 2.36. The molecule has 2 aromatic heterocycles. The van der Waals surface area contributed by atoms with E-state index >= 15 is 0 Å². The van der Waals surface area contributed by atoms with E-state index in [1.165, 1.54) is 11.3 Å². The second-order valence-electron chi connectivity index (χ2n) is 4.43. The minimum Gasteiger partial charge on any atom is -0.395 e. The van der Waals surface area contributed by atoms with Crippen molar-refractivity contribution in [2.24, 2.45) is 0 Å². The van der Waals surface area contributed by atoms with Gasteiger partial charge in [-0.15, -0.1) is 11.3 Å². The Hall–Kier alpha value is -2.16. The zero-order chi connectivity index (χ0) is 15.1. The van der Waals surface area contributed by atoms with Crippen LogP contribution in [-0.4, -0.2) is 22.6 Å². The third-order valence-electron chi connectivity index (χ3n) is 2.69. The van der Waals surface area contributed by atoms with Gasteiger partial charge in [-0.25, -0.2) is 0 Å². The zero-order valence-electron chi connectivity index (χ0n) is 11.7. The molecule has 2 rings (SSSR count). The Morgan fingerprint density at radius 1 is 1.48 bits per heavy atom. The van der Waals surface area contributed by atoms with Crippen LogP contribution in [-0.2, 0) is 6.54 Å². The van der Waals surface area contributed by atoms with E-state index in [-0.39, 0.29) is 12.5 Å². The monoisotopic (exact) mass is 300 g/mol. The van der Waals surface area contributed by atoms with E-state index in [0.29, 0.717) is 18.5 Å². The summed E-state index contributed by atoms with van der Waals surface area (Å²) in [6.07, 6.45) is 0.443. The number of aliphatic hydroxyl groups is 1. The molecule has 0 saturated carbocycles. The second kappa shape index (κ2) is 7.58. The highest BCUT2D eigenvalue weighted by Gasteiger charge is 2.08. The van der Waals surface area contributed by atoms with Crippen molar-refractivity contribution < 1.29 is 9.90 Å². The molecule has 4 nitrogen and oxygen atoms in total. The van der Waals surface area contributed by atoms with Crippen LogP contribution in [0.1, 0.15) is 33.0 Å². The quantitative estimate of drug-likeness (QED) is 0.850. The molecule has 0 atom stereocenters. The van der Waals surface area contributed by atoms with Gasteiger partial charge in [-0.05, 0) is 25.1 Å². The lowest BCUT2D eigenvalue weighted by atomic mass is 10.2. The van der Waals surface area contributed by atoms with E-state index in [1.807, 2.05) is 25.1 Å². The number of carbonyl (C=O) groups excluding carboxylic acids is 1. The van der Waals surface area contributed by atoms with Gasteiger partial charge in [-0.2, -0.15) is 0 Å². The van der Waals surface area contributed by atoms with Gasteiger partial charge in [0.15, 0.2) is 0 Å². The molecule has 108 valence electrons. The lowest BCUT2D eigenvalue weighted by Gasteiger charge is -2.03. The number of hydrogen-bond acceptors (Lipinski definition) is 4. The number of pyridine rings is 1. The third-order valence-corrected chi connectivity index (χ3v) is 3.53. The molecule has 0 bridgehead atoms. The van der Waals surface area contributed by atoms with E-state index in [2.05, 4.69) is 22.1 Å². The summed E-state index contributed by atoms with van der Waals surface area (Å²) in [6, 6.07) is 7.48. The van der Waals surface area contributed by atoms with Crippen molar-refractivity contribution in [3.05, 3.63) is 51.5 Å². The summed E-state index contributed by atoms with van der Waals surface area (Å²) in [7, 11) is 0. The van der Waals surface area contributed by atoms with Crippen molar-refractivity contribution >= 4 is 17.2 Å². The Kier molecular flexibility index (Phi) is 5.50. The van der Waals surface area contributed by atoms with Crippen LogP contribution < -0.4 is 5.32 Å². The molecule has 0 aliphatic heterocycles. The summed E-state index contributed by atoms with van der Waals surface area (Å²) >= 11 is 1.42. The van der Waals surface area contributed by atoms with Crippen LogP contribution in [0.25, 0.3) is 0 Å². The minimum absolute atomic E-state index is 0.0508. The first-order chi connectivity index (χ1) is 10.2. The molecule has 0 aromatic carbocycles. The van der Waals surface area contributed by atoms with E-state index in [9.17, 15) is 4.79 Å². The summed E-state index contributed by atoms with van der Waals surface area (Å²) < 4.78 is 0. The summed E-state index contributed by atoms with van der Waals surface area (Å²) in [6.45, 7) is 2.37. The maximum atomic E-state index is 12.0. The van der Waals surface area contributed by atoms with Crippen LogP contribution in [0.4, 0.5) is 0 Å². The number of nitrogens with one attached hydrogen (secondary N) is 1. The molecule has 5 heteroatoms. The fraction of sp³-hybridized carbons (Fsp3) is 0.250. The lowest BCUT2D eigenvalue weighted by Crippen LogP contribution is -2.22. The van der Waals surface area contributed by atoms with Crippen LogP contribution in [0, 0.1) is 18.8 Å². The first-order valence-corrected chi connectivity index (χ1v) is 7.46. The number of rotatable bonds is 4. The van der Waals surface area contributed by atoms with Crippen molar-refractivity contribution in [3.8, 4) is 11.8 Å². The maximum absolute atomic E-state index is 12.0. The fourth-order valence-electron chi connectivity index (χ4n) is 1.70. The second-order valence-corrected chi connectivity index (χ2v) is 5.34. The highest BCUT2D eigenvalue weighted by Crippen LogP contribution is 2.13. The number of hydrogen-bond donors (Lipinski definition) is 2. The van der Waals surface area contributed by atoms with E-state index in [0.717, 1.165) is 16.3 Å². The molecule has 0 unspecified atom stereocenters. The molecular formula is C16H16N2O2S. The van der Waals surface area contributed by atoms with Gasteiger partial charge in [0.2, 0.25) is 0 Å². The molecule has 2 heterocycles. The Morgan fingerprint density at radius 2 is 2.33 bits per heavy atom. The van der Waals surface area contributed by atoms with Crippen LogP contribution >= 0.6 is 11.3 Å². The predicted molar refractivity (Wildman–Crippen MR) is 83.0 cm³/mol. The van der Waals surface area contributed by atoms with Gasteiger partial charge >= 0.3 is 0 Å². The average Bonchev–Trinajstić information content (AvgIpc) is 2.94. The van der Waals surface area contributed by atoms with Crippen molar-refractivity contribution in [2.45, 2.75) is 19.9 Å². The van der Waals surface area contributed by atoms with Gasteiger partial charge in [0.25, 0.3) is 5.91 Å². The standard InChI is InChI=1S/C16H16N2O2S/c1-12-5-4-6-14(18-12)10-17-16(20)13-9-15(21-11-13)7-2-3-8-19/h4-6,9,11,19H,3,8,10H2,1H3,(H,17,20). The highest BCUT2D eigenvalue weighted by molar-refractivity contribution is 7.10. The average molecular weight is 300 g/mol. The Balaban J connectivity index is 1.93. The molecule has 1 amide bonds. The Bertz CT molecular complexity index is 683. The van der Waals surface area contributed by atoms with Gasteiger partial charge in [0.1, 0.15) is 0 Å². The van der Waals surface area contributed by atoms with Crippen molar-refractivity contribution in [1.82, 2.24) is 10.3 Å². The van der Waals surface area contributed by atoms with Gasteiger partial charge in [0.05, 0.1) is 29.3 Å². The van der Waals surface area contributed by atoms with Crippen molar-refractivity contribution in [2.75, 3.05) is 6.61 Å². The van der Waals surface area contributed by atoms with E-state index < -0.39 is 0 Å². The number of nitrogens with zero attached hydrogens (tertiary/aromatic N) is 1. The molecular weight excluding hydrogens is 284 g/mol. The topological polar surface area (TPSA) is 62.2 Å². The van der Waals surface area contributed by atoms with Crippen LogP contribution in [0.3, 0.4) is 0 Å². The third kappa shape index (κ3) is 4.71. The number of amides is 1. The smallest absolute Gasteiger partial charge is 0.252 e. The molecule has 21 heavy (non-hydrogen) atoms. The number of thiophene rings is 1. The van der Waals surface area contributed by atoms with Gasteiger partial charge in [-0.3, -0.25) is 9.78 Å². The van der Waals surface area contributed by atoms with Gasteiger partial charge in [-0.1, -0.05) is 17.9 Å². The first-order valence-electron chi connectivity index (χ1n) is 6.58. The maximum Gasteiger partial charge on any atom is 0.252 e. The van der Waals surface area contributed by atoms with Crippen LogP contribution in [0.15, 0.2) is 29.6 Å². The largest absolute Gasteiger partial charge is 0.395 e. The molecule has 0 aliphatic carbocycles. The summed E-state index contributed by atoms with van der Waals surface area (Å²) in [5, 5.41) is 13.3. The normalized spacial score (nSPS) is 9.81. The Labute approximate surface area is 127 Å². The number of aliphatic hydroxyl groups excluding tert-OH is 1. The summed E-state index contributed by atoms with van der Waals surface area (Å²) in [4.78, 5) is 17.2. The number of aromatic nitrogens is 1. The fourth-order valence-corrected chi connectivity index (χ4v) is 2.45. The molecule has 0 fully saturated rings. The lowest BCUT2D eigenvalue weighted by molar-refractivity contribution is 0.0951. The molecule has 0 saturated heterocycles. The predicted octanol–water partition coefficient (Wildman–Crippen LogP) is 2.12. The number of carbonyl (C=O) groups is 1. The van der Waals surface area contributed by atoms with E-state index in [4.69, 9.17) is 5.11 Å². The highest BCUT2D eigenvalue weighted by atomic mass is 32.1. The first kappa shape index (κ1) is 15.2. The van der Waals surface area contributed by atoms with Crippen molar-refractivity contribution in [3.63, 3.8) is 0 Å². The van der Waals surface area contributed by atoms with Gasteiger partial charge in [0, 0.05) is 17.5 Å². The molecule has 0 radical (unpaired) electrons. The minimum atomic E-state index is -0.134. The van der Waals surface area contributed by atoms with Crippen molar-refractivity contribution in [1.29, 1.82) is 0 Å². The molecule has 2 N–H and O–H groups in total. The molecule has 2 aromatic rings. The van der Waals surface area contributed by atoms with E-state index in [1.54, 1.807) is 11.4 Å². The Morgan fingerprint density at radius 3 is 3.10 bits per heavy atom. The number of aryl methyl sites for hydroxylation is 1.